The molecule has 0 spiro atoms. The quantitative estimate of drug-likeness (QED) is 0.904. The number of sulfonamides is 1. The van der Waals surface area contributed by atoms with Crippen LogP contribution in [0.3, 0.4) is 0 Å². The molecule has 1 aromatic heterocycles. The molecular formula is C13H12ClNO4S2. The van der Waals surface area contributed by atoms with Crippen LogP contribution in [0.15, 0.2) is 40.6 Å². The third-order valence-corrected chi connectivity index (χ3v) is 5.91. The first-order valence-corrected chi connectivity index (χ1v) is 8.53. The van der Waals surface area contributed by atoms with Gasteiger partial charge >= 0.3 is 5.97 Å². The molecule has 1 heterocycles. The highest BCUT2D eigenvalue weighted by molar-refractivity contribution is 7.89. The Hall–Kier alpha value is -1.41. The zero-order valence-electron chi connectivity index (χ0n) is 11.0. The second-order valence-electron chi connectivity index (χ2n) is 4.34. The van der Waals surface area contributed by atoms with E-state index in [0.29, 0.717) is 5.02 Å². The maximum Gasteiger partial charge on any atom is 0.345 e. The molecule has 0 aliphatic carbocycles. The fourth-order valence-corrected chi connectivity index (χ4v) is 4.06. The zero-order chi connectivity index (χ0) is 15.6. The number of carboxylic acid groups (broad SMARTS) is 1. The summed E-state index contributed by atoms with van der Waals surface area (Å²) in [4.78, 5) is 10.8. The van der Waals surface area contributed by atoms with Crippen molar-refractivity contribution in [3.8, 4) is 0 Å². The van der Waals surface area contributed by atoms with E-state index >= 15 is 0 Å². The lowest BCUT2D eigenvalue weighted by Gasteiger charge is -2.16. The Morgan fingerprint density at radius 1 is 1.33 bits per heavy atom. The Labute approximate surface area is 131 Å². The van der Waals surface area contributed by atoms with Crippen LogP contribution in [0.25, 0.3) is 0 Å². The van der Waals surface area contributed by atoms with Gasteiger partial charge in [0.2, 0.25) is 10.0 Å². The summed E-state index contributed by atoms with van der Waals surface area (Å²) < 4.78 is 25.9. The first-order valence-electron chi connectivity index (χ1n) is 5.83. The number of benzene rings is 1. The van der Waals surface area contributed by atoms with Crippen LogP contribution in [0.2, 0.25) is 5.02 Å². The van der Waals surface area contributed by atoms with E-state index in [0.717, 1.165) is 16.9 Å². The molecule has 0 unspecified atom stereocenters. The molecule has 0 atom stereocenters. The van der Waals surface area contributed by atoms with Crippen LogP contribution < -0.4 is 0 Å². The largest absolute Gasteiger partial charge is 0.477 e. The number of rotatable bonds is 5. The monoisotopic (exact) mass is 345 g/mol. The minimum absolute atomic E-state index is 0.00605. The van der Waals surface area contributed by atoms with E-state index in [4.69, 9.17) is 16.7 Å². The molecule has 5 nitrogen and oxygen atoms in total. The average Bonchev–Trinajstić information content (AvgIpc) is 2.91. The van der Waals surface area contributed by atoms with E-state index in [2.05, 4.69) is 0 Å². The van der Waals surface area contributed by atoms with Gasteiger partial charge in [0.15, 0.2) is 0 Å². The Kier molecular flexibility index (Phi) is 4.67. The molecule has 1 aromatic carbocycles. The predicted molar refractivity (Wildman–Crippen MR) is 81.4 cm³/mol. The van der Waals surface area contributed by atoms with Gasteiger partial charge in [-0.3, -0.25) is 0 Å². The molecule has 0 amide bonds. The number of hydrogen-bond acceptors (Lipinski definition) is 4. The topological polar surface area (TPSA) is 74.7 Å². The van der Waals surface area contributed by atoms with E-state index in [1.54, 1.807) is 24.3 Å². The van der Waals surface area contributed by atoms with Gasteiger partial charge in [-0.2, -0.15) is 4.31 Å². The van der Waals surface area contributed by atoms with Gasteiger partial charge in [-0.05, 0) is 23.8 Å². The second kappa shape index (κ2) is 6.15. The Morgan fingerprint density at radius 3 is 2.48 bits per heavy atom. The van der Waals surface area contributed by atoms with Crippen molar-refractivity contribution in [1.29, 1.82) is 0 Å². The average molecular weight is 346 g/mol. The minimum Gasteiger partial charge on any atom is -0.477 e. The lowest BCUT2D eigenvalue weighted by Crippen LogP contribution is -2.26. The van der Waals surface area contributed by atoms with Gasteiger partial charge in [0.1, 0.15) is 4.88 Å². The molecule has 112 valence electrons. The van der Waals surface area contributed by atoms with Gasteiger partial charge in [-0.1, -0.05) is 23.7 Å². The maximum absolute atomic E-state index is 12.4. The van der Waals surface area contributed by atoms with E-state index in [9.17, 15) is 13.2 Å². The van der Waals surface area contributed by atoms with Crippen LogP contribution in [0.4, 0.5) is 0 Å². The van der Waals surface area contributed by atoms with E-state index < -0.39 is 16.0 Å². The van der Waals surface area contributed by atoms with E-state index in [1.807, 2.05) is 0 Å². The zero-order valence-corrected chi connectivity index (χ0v) is 13.4. The first kappa shape index (κ1) is 16.0. The van der Waals surface area contributed by atoms with Gasteiger partial charge in [0.05, 0.1) is 4.90 Å². The van der Waals surface area contributed by atoms with Crippen LogP contribution in [0.1, 0.15) is 15.2 Å². The van der Waals surface area contributed by atoms with Gasteiger partial charge in [0, 0.05) is 24.0 Å². The number of carbonyl (C=O) groups is 1. The highest BCUT2D eigenvalue weighted by Crippen LogP contribution is 2.23. The summed E-state index contributed by atoms with van der Waals surface area (Å²) in [6, 6.07) is 8.02. The molecule has 0 fully saturated rings. The smallest absolute Gasteiger partial charge is 0.345 e. The minimum atomic E-state index is -3.71. The fraction of sp³-hybridized carbons (Fsp3) is 0.154. The normalized spacial score (nSPS) is 11.8. The van der Waals surface area contributed by atoms with E-state index in [-0.39, 0.29) is 16.3 Å². The molecular weight excluding hydrogens is 334 g/mol. The summed E-state index contributed by atoms with van der Waals surface area (Å²) in [6.07, 6.45) is 0. The summed E-state index contributed by atoms with van der Waals surface area (Å²) in [7, 11) is -2.27. The summed E-state index contributed by atoms with van der Waals surface area (Å²) in [5.41, 5.74) is 0.791. The lowest BCUT2D eigenvalue weighted by molar-refractivity contribution is 0.0702. The van der Waals surface area contributed by atoms with Crippen molar-refractivity contribution in [1.82, 2.24) is 4.31 Å². The molecule has 0 saturated carbocycles. The molecule has 0 saturated heterocycles. The van der Waals surface area contributed by atoms with E-state index in [1.165, 1.54) is 22.8 Å². The SMILES string of the molecule is CN(Cc1ccc(Cl)cc1)S(=O)(=O)c1csc(C(=O)O)c1. The third-order valence-electron chi connectivity index (χ3n) is 2.81. The van der Waals surface area contributed by atoms with Crippen LogP contribution in [-0.4, -0.2) is 30.8 Å². The molecule has 1 N–H and O–H groups in total. The molecule has 21 heavy (non-hydrogen) atoms. The van der Waals surface area contributed by atoms with Gasteiger partial charge in [-0.25, -0.2) is 13.2 Å². The second-order valence-corrected chi connectivity index (χ2v) is 7.73. The molecule has 0 bridgehead atoms. The summed E-state index contributed by atoms with van der Waals surface area (Å²) >= 11 is 6.67. The van der Waals surface area contributed by atoms with Gasteiger partial charge in [-0.15, -0.1) is 11.3 Å². The number of nitrogens with zero attached hydrogens (tertiary/aromatic N) is 1. The summed E-state index contributed by atoms with van der Waals surface area (Å²) in [5.74, 6) is -1.14. The van der Waals surface area contributed by atoms with Crippen molar-refractivity contribution in [3.05, 3.63) is 51.2 Å². The first-order chi connectivity index (χ1) is 9.80. The summed E-state index contributed by atoms with van der Waals surface area (Å²) in [6.45, 7) is 0.178. The molecule has 0 radical (unpaired) electrons. The van der Waals surface area contributed by atoms with Crippen LogP contribution in [-0.2, 0) is 16.6 Å². The van der Waals surface area contributed by atoms with Crippen molar-refractivity contribution in [2.75, 3.05) is 7.05 Å². The predicted octanol–water partition coefficient (Wildman–Crippen LogP) is 2.92. The number of carboxylic acids is 1. The molecule has 2 rings (SSSR count). The van der Waals surface area contributed by atoms with Crippen molar-refractivity contribution >= 4 is 38.9 Å². The number of hydrogen-bond donors (Lipinski definition) is 1. The number of aromatic carboxylic acids is 1. The Bertz CT molecular complexity index is 753. The van der Waals surface area contributed by atoms with Gasteiger partial charge in [0.25, 0.3) is 0 Å². The number of thiophene rings is 1. The van der Waals surface area contributed by atoms with Crippen LogP contribution in [0, 0.1) is 0 Å². The summed E-state index contributed by atoms with van der Waals surface area (Å²) in [5, 5.41) is 10.8. The highest BCUT2D eigenvalue weighted by atomic mass is 35.5. The van der Waals surface area contributed by atoms with Crippen molar-refractivity contribution in [3.63, 3.8) is 0 Å². The fourth-order valence-electron chi connectivity index (χ4n) is 1.68. The third kappa shape index (κ3) is 3.62. The van der Waals surface area contributed by atoms with Crippen molar-refractivity contribution in [2.45, 2.75) is 11.4 Å². The van der Waals surface area contributed by atoms with Crippen LogP contribution >= 0.6 is 22.9 Å². The molecule has 8 heteroatoms. The lowest BCUT2D eigenvalue weighted by atomic mass is 10.2. The highest BCUT2D eigenvalue weighted by Gasteiger charge is 2.23. The number of halogens is 1. The standard InChI is InChI=1S/C13H12ClNO4S2/c1-15(7-9-2-4-10(14)5-3-9)21(18,19)11-6-12(13(16)17)20-8-11/h2-6,8H,7H2,1H3,(H,16,17). The Balaban J connectivity index is 2.21. The maximum atomic E-state index is 12.4. The molecule has 0 aliphatic rings. The van der Waals surface area contributed by atoms with Crippen LogP contribution in [0.5, 0.6) is 0 Å². The van der Waals surface area contributed by atoms with Gasteiger partial charge < -0.3 is 5.11 Å². The Morgan fingerprint density at radius 2 is 1.95 bits per heavy atom. The molecule has 2 aromatic rings. The van der Waals surface area contributed by atoms with Crippen molar-refractivity contribution in [2.24, 2.45) is 0 Å². The molecule has 0 aliphatic heterocycles. The van der Waals surface area contributed by atoms with Crippen molar-refractivity contribution < 1.29 is 18.3 Å².